The Hall–Kier alpha value is -2.90. The summed E-state index contributed by atoms with van der Waals surface area (Å²) in [5.74, 6) is -0.291. The molecule has 1 aliphatic rings. The summed E-state index contributed by atoms with van der Waals surface area (Å²) in [5, 5.41) is 2.77. The molecule has 0 unspecified atom stereocenters. The summed E-state index contributed by atoms with van der Waals surface area (Å²) in [6.07, 6.45) is 5.71. The van der Waals surface area contributed by atoms with Crippen molar-refractivity contribution in [2.75, 3.05) is 18.0 Å². The van der Waals surface area contributed by atoms with E-state index in [1.165, 1.54) is 4.90 Å². The van der Waals surface area contributed by atoms with Crippen molar-refractivity contribution in [1.82, 2.24) is 9.88 Å². The van der Waals surface area contributed by atoms with Crippen LogP contribution in [0.1, 0.15) is 38.7 Å². The van der Waals surface area contributed by atoms with E-state index in [0.717, 1.165) is 35.1 Å². The maximum atomic E-state index is 13.5. The highest BCUT2D eigenvalue weighted by atomic mass is 35.5. The lowest BCUT2D eigenvalue weighted by Crippen LogP contribution is -2.48. The second-order valence-electron chi connectivity index (χ2n) is 9.22. The van der Waals surface area contributed by atoms with Gasteiger partial charge in [-0.15, -0.1) is 0 Å². The first-order chi connectivity index (χ1) is 16.8. The molecule has 0 spiro atoms. The van der Waals surface area contributed by atoms with Gasteiger partial charge in [-0.1, -0.05) is 35.9 Å². The van der Waals surface area contributed by atoms with E-state index in [1.54, 1.807) is 12.4 Å². The SMILES string of the molecule is CC(C)N(C(=O)C1CCN(c2ccncc2)CC1)C(CCc1ccc2cc(Cl)ccc2c1)=S(=O)=O. The maximum Gasteiger partial charge on any atom is 0.234 e. The number of piperidine rings is 1. The number of nitrogens with zero attached hydrogens (tertiary/aromatic N) is 3. The largest absolute Gasteiger partial charge is 0.371 e. The Bertz CT molecular complexity index is 1330. The third-order valence-electron chi connectivity index (χ3n) is 6.58. The van der Waals surface area contributed by atoms with Crippen molar-refractivity contribution in [2.24, 2.45) is 5.92 Å². The van der Waals surface area contributed by atoms with Gasteiger partial charge >= 0.3 is 0 Å². The first-order valence-corrected chi connectivity index (χ1v) is 13.4. The summed E-state index contributed by atoms with van der Waals surface area (Å²) >= 11 is 6.08. The van der Waals surface area contributed by atoms with Gasteiger partial charge in [-0.2, -0.15) is 8.42 Å². The fourth-order valence-corrected chi connectivity index (χ4v) is 5.67. The second-order valence-corrected chi connectivity index (χ2v) is 10.6. The van der Waals surface area contributed by atoms with Crippen LogP contribution in [0.15, 0.2) is 60.9 Å². The van der Waals surface area contributed by atoms with Crippen LogP contribution in [0.2, 0.25) is 5.02 Å². The number of benzene rings is 2. The van der Waals surface area contributed by atoms with E-state index in [2.05, 4.69) is 9.88 Å². The summed E-state index contributed by atoms with van der Waals surface area (Å²) in [5.41, 5.74) is 2.11. The lowest BCUT2D eigenvalue weighted by Gasteiger charge is -2.36. The third-order valence-corrected chi connectivity index (χ3v) is 7.60. The van der Waals surface area contributed by atoms with E-state index in [0.29, 0.717) is 24.3 Å². The highest BCUT2D eigenvalue weighted by Gasteiger charge is 2.32. The molecule has 2 heterocycles. The number of hydrogen-bond donors (Lipinski definition) is 0. The molecule has 1 saturated heterocycles. The number of aromatic nitrogens is 1. The highest BCUT2D eigenvalue weighted by Crippen LogP contribution is 2.26. The quantitative estimate of drug-likeness (QED) is 0.436. The molecule has 1 aromatic heterocycles. The molecule has 1 fully saturated rings. The fraction of sp³-hybridized carbons (Fsp3) is 0.370. The smallest absolute Gasteiger partial charge is 0.234 e. The van der Waals surface area contributed by atoms with Crippen LogP contribution < -0.4 is 4.90 Å². The minimum absolute atomic E-state index is 0.0956. The average Bonchev–Trinajstić information content (AvgIpc) is 2.86. The number of pyridine rings is 1. The number of amides is 1. The van der Waals surface area contributed by atoms with E-state index in [-0.39, 0.29) is 29.3 Å². The van der Waals surface area contributed by atoms with Crippen molar-refractivity contribution in [3.63, 3.8) is 0 Å². The molecule has 4 rings (SSSR count). The Morgan fingerprint density at radius 1 is 1.06 bits per heavy atom. The Balaban J connectivity index is 1.46. The molecule has 0 N–H and O–H groups in total. The summed E-state index contributed by atoms with van der Waals surface area (Å²) in [7, 11) is -2.48. The number of fused-ring (bicyclic) bond motifs is 1. The summed E-state index contributed by atoms with van der Waals surface area (Å²) in [6, 6.07) is 15.4. The number of halogens is 1. The van der Waals surface area contributed by atoms with Gasteiger partial charge in [0, 0.05) is 54.6 Å². The van der Waals surface area contributed by atoms with E-state index in [9.17, 15) is 13.2 Å². The van der Waals surface area contributed by atoms with Crippen LogP contribution in [0.5, 0.6) is 0 Å². The van der Waals surface area contributed by atoms with Crippen molar-refractivity contribution in [3.05, 3.63) is 71.5 Å². The van der Waals surface area contributed by atoms with Crippen molar-refractivity contribution in [1.29, 1.82) is 0 Å². The molecule has 6 nitrogen and oxygen atoms in total. The van der Waals surface area contributed by atoms with Gasteiger partial charge < -0.3 is 9.80 Å². The van der Waals surface area contributed by atoms with Gasteiger partial charge in [0.05, 0.1) is 0 Å². The van der Waals surface area contributed by atoms with Crippen LogP contribution in [-0.2, 0) is 21.5 Å². The standard InChI is InChI=1S/C27H30ClN3O3S/c1-19(2)31(27(32)21-11-15-30(16-12-21)25-9-13-29-14-10-25)26(35(33)34)8-4-20-3-5-23-18-24(28)7-6-22(23)17-20/h3,5-7,9-10,13-14,17-19,21H,4,8,11-12,15-16H2,1-2H3. The monoisotopic (exact) mass is 511 g/mol. The van der Waals surface area contributed by atoms with Crippen molar-refractivity contribution >= 4 is 49.2 Å². The molecule has 0 radical (unpaired) electrons. The van der Waals surface area contributed by atoms with Gasteiger partial charge in [-0.05, 0) is 73.7 Å². The second kappa shape index (κ2) is 11.2. The van der Waals surface area contributed by atoms with Crippen LogP contribution >= 0.6 is 11.6 Å². The van der Waals surface area contributed by atoms with Crippen LogP contribution in [0, 0.1) is 5.92 Å². The predicted molar refractivity (Wildman–Crippen MR) is 142 cm³/mol. The summed E-state index contributed by atoms with van der Waals surface area (Å²) in [6.45, 7) is 5.25. The Morgan fingerprint density at radius 2 is 1.71 bits per heavy atom. The van der Waals surface area contributed by atoms with E-state index in [1.807, 2.05) is 62.4 Å². The topological polar surface area (TPSA) is 70.6 Å². The van der Waals surface area contributed by atoms with Crippen LogP contribution in [0.25, 0.3) is 10.8 Å². The lowest BCUT2D eigenvalue weighted by molar-refractivity contribution is -0.133. The molecule has 8 heteroatoms. The fourth-order valence-electron chi connectivity index (χ4n) is 4.76. The predicted octanol–water partition coefficient (Wildman–Crippen LogP) is 4.98. The molecule has 1 aliphatic heterocycles. The lowest BCUT2D eigenvalue weighted by atomic mass is 9.94. The zero-order chi connectivity index (χ0) is 24.9. The highest BCUT2D eigenvalue weighted by molar-refractivity contribution is 7.72. The first-order valence-electron chi connectivity index (χ1n) is 11.9. The minimum atomic E-state index is -2.48. The van der Waals surface area contributed by atoms with E-state index < -0.39 is 10.3 Å². The zero-order valence-electron chi connectivity index (χ0n) is 20.0. The number of carbonyl (C=O) groups excluding carboxylic acids is 1. The number of rotatable bonds is 6. The van der Waals surface area contributed by atoms with Gasteiger partial charge in [0.2, 0.25) is 16.2 Å². The molecule has 2 aromatic carbocycles. The number of hydrogen-bond acceptors (Lipinski definition) is 5. The van der Waals surface area contributed by atoms with Crippen molar-refractivity contribution in [3.8, 4) is 0 Å². The molecule has 0 bridgehead atoms. The normalized spacial score (nSPS) is 14.3. The molecular formula is C27H30ClN3O3S. The molecule has 0 saturated carbocycles. The minimum Gasteiger partial charge on any atom is -0.371 e. The Kier molecular flexibility index (Phi) is 8.08. The maximum absolute atomic E-state index is 13.5. The first kappa shape index (κ1) is 25.2. The van der Waals surface area contributed by atoms with Gasteiger partial charge in [-0.25, -0.2) is 0 Å². The van der Waals surface area contributed by atoms with Gasteiger partial charge in [0.1, 0.15) is 4.99 Å². The number of aryl methyl sites for hydroxylation is 1. The molecular weight excluding hydrogens is 482 g/mol. The van der Waals surface area contributed by atoms with Crippen LogP contribution in [0.4, 0.5) is 5.69 Å². The van der Waals surface area contributed by atoms with Crippen molar-refractivity contribution < 1.29 is 13.2 Å². The average molecular weight is 512 g/mol. The van der Waals surface area contributed by atoms with Crippen LogP contribution in [0.3, 0.4) is 0 Å². The molecule has 0 atom stereocenters. The molecule has 35 heavy (non-hydrogen) atoms. The number of carbonyl (C=O) groups is 1. The molecule has 184 valence electrons. The van der Waals surface area contributed by atoms with Gasteiger partial charge in [-0.3, -0.25) is 9.78 Å². The van der Waals surface area contributed by atoms with E-state index in [4.69, 9.17) is 11.6 Å². The molecule has 1 amide bonds. The van der Waals surface area contributed by atoms with Gasteiger partial charge in [0.25, 0.3) is 0 Å². The number of anilines is 1. The Labute approximate surface area is 213 Å². The summed E-state index contributed by atoms with van der Waals surface area (Å²) in [4.78, 5) is 21.5. The van der Waals surface area contributed by atoms with Gasteiger partial charge in [0.15, 0.2) is 0 Å². The van der Waals surface area contributed by atoms with Crippen LogP contribution in [-0.4, -0.2) is 48.3 Å². The third kappa shape index (κ3) is 6.03. The molecule has 0 aliphatic carbocycles. The van der Waals surface area contributed by atoms with Crippen molar-refractivity contribution in [2.45, 2.75) is 45.6 Å². The Morgan fingerprint density at radius 3 is 2.37 bits per heavy atom. The zero-order valence-corrected chi connectivity index (χ0v) is 21.6. The molecule has 3 aromatic rings. The van der Waals surface area contributed by atoms with E-state index >= 15 is 0 Å². The summed E-state index contributed by atoms with van der Waals surface area (Å²) < 4.78 is 24.6.